The normalized spacial score (nSPS) is 13.5. The average Bonchev–Trinajstić information content (AvgIpc) is 3.51. The Morgan fingerprint density at radius 1 is 1.11 bits per heavy atom. The highest BCUT2D eigenvalue weighted by atomic mass is 16.5. The Balaban J connectivity index is 1.35. The van der Waals surface area contributed by atoms with E-state index < -0.39 is 0 Å². The minimum absolute atomic E-state index is 0.165. The number of rotatable bonds is 9. The number of ether oxygens (including phenoxy) is 1. The minimum atomic E-state index is -0.165. The Morgan fingerprint density at radius 3 is 2.74 bits per heavy atom. The summed E-state index contributed by atoms with van der Waals surface area (Å²) in [6.45, 7) is 3.90. The van der Waals surface area contributed by atoms with Gasteiger partial charge in [-0.25, -0.2) is 0 Å². The van der Waals surface area contributed by atoms with E-state index in [0.29, 0.717) is 31.9 Å². The molecule has 0 atom stereocenters. The minimum Gasteiger partial charge on any atom is -0.383 e. The van der Waals surface area contributed by atoms with Gasteiger partial charge in [0.25, 0.3) is 5.91 Å². The maximum atomic E-state index is 13.2. The van der Waals surface area contributed by atoms with Crippen LogP contribution in [0.15, 0.2) is 67.4 Å². The van der Waals surface area contributed by atoms with Gasteiger partial charge in [-0.1, -0.05) is 6.07 Å². The molecule has 0 bridgehead atoms. The molecule has 0 fully saturated rings. The molecule has 4 aromatic heterocycles. The summed E-state index contributed by atoms with van der Waals surface area (Å²) < 4.78 is 9.37. The predicted octanol–water partition coefficient (Wildman–Crippen LogP) is 2.60. The summed E-state index contributed by atoms with van der Waals surface area (Å²) in [5.74, 6) is -0.165. The van der Waals surface area contributed by atoms with Gasteiger partial charge in [-0.3, -0.25) is 24.3 Å². The van der Waals surface area contributed by atoms with Gasteiger partial charge in [0, 0.05) is 81.4 Å². The molecule has 0 saturated carbocycles. The highest BCUT2D eigenvalue weighted by Crippen LogP contribution is 2.25. The van der Waals surface area contributed by atoms with Crippen molar-refractivity contribution in [3.63, 3.8) is 0 Å². The Morgan fingerprint density at radius 2 is 1.97 bits per heavy atom. The van der Waals surface area contributed by atoms with E-state index in [1.807, 2.05) is 29.1 Å². The molecular weight excluding hydrogens is 442 g/mol. The molecular formula is C26H29N7O2. The summed E-state index contributed by atoms with van der Waals surface area (Å²) in [6.07, 6.45) is 10.0. The summed E-state index contributed by atoms with van der Waals surface area (Å²) in [6, 6.07) is 12.0. The van der Waals surface area contributed by atoms with Crippen molar-refractivity contribution in [1.29, 1.82) is 0 Å². The number of fused-ring (bicyclic) bond motifs is 1. The topological polar surface area (TPSA) is 90.1 Å². The summed E-state index contributed by atoms with van der Waals surface area (Å²) in [5, 5.41) is 7.72. The molecule has 180 valence electrons. The van der Waals surface area contributed by atoms with E-state index in [1.54, 1.807) is 25.7 Å². The zero-order valence-corrected chi connectivity index (χ0v) is 19.8. The largest absolute Gasteiger partial charge is 0.383 e. The van der Waals surface area contributed by atoms with Crippen LogP contribution in [0.4, 0.5) is 0 Å². The third-order valence-corrected chi connectivity index (χ3v) is 6.25. The van der Waals surface area contributed by atoms with Crippen molar-refractivity contribution in [2.45, 2.75) is 32.6 Å². The van der Waals surface area contributed by atoms with E-state index in [9.17, 15) is 4.79 Å². The zero-order valence-electron chi connectivity index (χ0n) is 19.8. The predicted molar refractivity (Wildman–Crippen MR) is 131 cm³/mol. The van der Waals surface area contributed by atoms with Crippen LogP contribution in [0.1, 0.15) is 33.0 Å². The molecule has 0 aromatic carbocycles. The SMILES string of the molecule is COCCn1nc(C(=O)NCc2cccnc2)c2c1CCN(Cc1cccn1-c1cccnc1)C2. The van der Waals surface area contributed by atoms with Crippen molar-refractivity contribution in [3.8, 4) is 5.69 Å². The van der Waals surface area contributed by atoms with Crippen LogP contribution in [0.2, 0.25) is 0 Å². The number of carbonyl (C=O) groups is 1. The van der Waals surface area contributed by atoms with E-state index >= 15 is 0 Å². The third kappa shape index (κ3) is 5.16. The van der Waals surface area contributed by atoms with E-state index in [-0.39, 0.29) is 5.91 Å². The first-order valence-electron chi connectivity index (χ1n) is 11.8. The quantitative estimate of drug-likeness (QED) is 0.404. The molecule has 0 aliphatic carbocycles. The second kappa shape index (κ2) is 10.6. The third-order valence-electron chi connectivity index (χ3n) is 6.25. The van der Waals surface area contributed by atoms with Gasteiger partial charge in [0.15, 0.2) is 5.69 Å². The van der Waals surface area contributed by atoms with Crippen LogP contribution in [0, 0.1) is 0 Å². The van der Waals surface area contributed by atoms with Gasteiger partial charge in [0.2, 0.25) is 0 Å². The van der Waals surface area contributed by atoms with Crippen molar-refractivity contribution >= 4 is 5.91 Å². The zero-order chi connectivity index (χ0) is 24.0. The summed E-state index contributed by atoms with van der Waals surface area (Å²) >= 11 is 0. The van der Waals surface area contributed by atoms with E-state index in [2.05, 4.69) is 49.1 Å². The summed E-state index contributed by atoms with van der Waals surface area (Å²) in [5.41, 5.74) is 5.77. The summed E-state index contributed by atoms with van der Waals surface area (Å²) in [7, 11) is 1.68. The Hall–Kier alpha value is -3.82. The van der Waals surface area contributed by atoms with Crippen LogP contribution in [-0.4, -0.2) is 55.4 Å². The number of pyridine rings is 2. The molecule has 35 heavy (non-hydrogen) atoms. The molecule has 5 rings (SSSR count). The van der Waals surface area contributed by atoms with Crippen LogP contribution < -0.4 is 5.32 Å². The average molecular weight is 472 g/mol. The molecule has 0 spiro atoms. The Bertz CT molecular complexity index is 1270. The molecule has 1 amide bonds. The van der Waals surface area contributed by atoms with Crippen molar-refractivity contribution in [3.05, 3.63) is 95.6 Å². The van der Waals surface area contributed by atoms with E-state index in [4.69, 9.17) is 9.84 Å². The number of methoxy groups -OCH3 is 1. The fraction of sp³-hybridized carbons (Fsp3) is 0.308. The number of hydrogen-bond acceptors (Lipinski definition) is 6. The highest BCUT2D eigenvalue weighted by Gasteiger charge is 2.28. The lowest BCUT2D eigenvalue weighted by atomic mass is 10.0. The maximum absolute atomic E-state index is 13.2. The molecule has 0 radical (unpaired) electrons. The maximum Gasteiger partial charge on any atom is 0.272 e. The van der Waals surface area contributed by atoms with Gasteiger partial charge in [0.05, 0.1) is 25.0 Å². The molecule has 0 saturated heterocycles. The van der Waals surface area contributed by atoms with Crippen LogP contribution in [0.25, 0.3) is 5.69 Å². The smallest absolute Gasteiger partial charge is 0.272 e. The highest BCUT2D eigenvalue weighted by molar-refractivity contribution is 5.94. The number of nitrogens with one attached hydrogen (secondary N) is 1. The van der Waals surface area contributed by atoms with Crippen LogP contribution >= 0.6 is 0 Å². The first-order chi connectivity index (χ1) is 17.2. The first-order valence-corrected chi connectivity index (χ1v) is 11.8. The number of hydrogen-bond donors (Lipinski definition) is 1. The molecule has 0 unspecified atom stereocenters. The van der Waals surface area contributed by atoms with E-state index in [1.165, 1.54) is 5.69 Å². The van der Waals surface area contributed by atoms with Gasteiger partial charge < -0.3 is 14.6 Å². The van der Waals surface area contributed by atoms with Crippen LogP contribution in [0.5, 0.6) is 0 Å². The van der Waals surface area contributed by atoms with Crippen molar-refractivity contribution in [2.75, 3.05) is 20.3 Å². The van der Waals surface area contributed by atoms with Crippen LogP contribution in [0.3, 0.4) is 0 Å². The van der Waals surface area contributed by atoms with Crippen molar-refractivity contribution in [1.82, 2.24) is 34.5 Å². The lowest BCUT2D eigenvalue weighted by molar-refractivity contribution is 0.0942. The molecule has 1 N–H and O–H groups in total. The van der Waals surface area contributed by atoms with Crippen LogP contribution in [-0.2, 0) is 37.3 Å². The lowest BCUT2D eigenvalue weighted by Crippen LogP contribution is -2.33. The number of carbonyl (C=O) groups excluding carboxylic acids is 1. The number of aromatic nitrogens is 5. The Kier molecular flexibility index (Phi) is 6.97. The van der Waals surface area contributed by atoms with Crippen molar-refractivity contribution < 1.29 is 9.53 Å². The fourth-order valence-corrected chi connectivity index (χ4v) is 4.52. The number of amides is 1. The van der Waals surface area contributed by atoms with Gasteiger partial charge >= 0.3 is 0 Å². The second-order valence-electron chi connectivity index (χ2n) is 8.58. The molecule has 4 aromatic rings. The molecule has 1 aliphatic heterocycles. The Labute approximate surface area is 204 Å². The molecule has 9 nitrogen and oxygen atoms in total. The van der Waals surface area contributed by atoms with Gasteiger partial charge in [0.1, 0.15) is 0 Å². The second-order valence-corrected chi connectivity index (χ2v) is 8.58. The van der Waals surface area contributed by atoms with Gasteiger partial charge in [-0.15, -0.1) is 0 Å². The number of nitrogens with zero attached hydrogens (tertiary/aromatic N) is 6. The molecule has 5 heterocycles. The molecule has 9 heteroatoms. The van der Waals surface area contributed by atoms with E-state index in [0.717, 1.165) is 42.0 Å². The van der Waals surface area contributed by atoms with Gasteiger partial charge in [-0.2, -0.15) is 5.10 Å². The standard InChI is InChI=1S/C26H29N7O2/c1-35-14-13-33-24-8-12-31(18-22-7-4-11-32(22)21-6-3-10-28-17-21)19-23(24)25(30-33)26(34)29-16-20-5-2-9-27-15-20/h2-7,9-11,15,17H,8,12-14,16,18-19H2,1H3,(H,29,34). The first kappa shape index (κ1) is 22.9. The fourth-order valence-electron chi connectivity index (χ4n) is 4.52. The van der Waals surface area contributed by atoms with Gasteiger partial charge in [-0.05, 0) is 35.9 Å². The summed E-state index contributed by atoms with van der Waals surface area (Å²) in [4.78, 5) is 23.9. The molecule has 1 aliphatic rings. The lowest BCUT2D eigenvalue weighted by Gasteiger charge is -2.28. The van der Waals surface area contributed by atoms with Crippen molar-refractivity contribution in [2.24, 2.45) is 0 Å². The monoisotopic (exact) mass is 471 g/mol.